The Morgan fingerprint density at radius 2 is 2.33 bits per heavy atom. The van der Waals surface area contributed by atoms with Crippen LogP contribution in [0.25, 0.3) is 0 Å². The minimum atomic E-state index is -0.458. The van der Waals surface area contributed by atoms with Gasteiger partial charge < -0.3 is 10.1 Å². The van der Waals surface area contributed by atoms with Crippen LogP contribution in [0.2, 0.25) is 0 Å². The van der Waals surface area contributed by atoms with E-state index in [1.54, 1.807) is 6.20 Å². The van der Waals surface area contributed by atoms with Crippen molar-refractivity contribution in [1.29, 1.82) is 0 Å². The topological polar surface area (TPSA) is 64.1 Å². The zero-order valence-electron chi connectivity index (χ0n) is 10.8. The molecule has 1 fully saturated rings. The summed E-state index contributed by atoms with van der Waals surface area (Å²) >= 11 is 0. The molecular weight excluding hydrogens is 230 g/mol. The lowest BCUT2D eigenvalue weighted by Crippen LogP contribution is -2.14. The number of hydrogen-bond acceptors (Lipinski definition) is 5. The second-order valence-corrected chi connectivity index (χ2v) is 4.95. The number of hydrogen-bond donors (Lipinski definition) is 1. The minimum Gasteiger partial charge on any atom is -0.464 e. The molecule has 0 spiro atoms. The highest BCUT2D eigenvalue weighted by atomic mass is 16.5. The standard InChI is InChI=1S/C13H19N3O2/c1-9-3-4-10(5-9)6-15-12-8-14-7-11(16-12)13(17)18-2/h7-10H,3-6H2,1-2H3,(H,15,16). The molecule has 1 aromatic rings. The highest BCUT2D eigenvalue weighted by Crippen LogP contribution is 2.30. The van der Waals surface area contributed by atoms with E-state index in [2.05, 4.69) is 26.9 Å². The van der Waals surface area contributed by atoms with Gasteiger partial charge in [0.2, 0.25) is 0 Å². The Hall–Kier alpha value is -1.65. The summed E-state index contributed by atoms with van der Waals surface area (Å²) in [6.45, 7) is 3.18. The quantitative estimate of drug-likeness (QED) is 0.828. The zero-order valence-corrected chi connectivity index (χ0v) is 10.8. The number of esters is 1. The van der Waals surface area contributed by atoms with Crippen LogP contribution in [0.15, 0.2) is 12.4 Å². The monoisotopic (exact) mass is 249 g/mol. The molecule has 1 saturated carbocycles. The lowest BCUT2D eigenvalue weighted by molar-refractivity contribution is 0.0593. The molecule has 2 unspecified atom stereocenters. The first-order valence-corrected chi connectivity index (χ1v) is 6.33. The van der Waals surface area contributed by atoms with Crippen molar-refractivity contribution >= 4 is 11.8 Å². The summed E-state index contributed by atoms with van der Waals surface area (Å²) in [5.41, 5.74) is 0.238. The predicted octanol–water partition coefficient (Wildman–Crippen LogP) is 2.11. The van der Waals surface area contributed by atoms with Crippen molar-refractivity contribution in [3.8, 4) is 0 Å². The van der Waals surface area contributed by atoms with Crippen molar-refractivity contribution in [3.63, 3.8) is 0 Å². The van der Waals surface area contributed by atoms with Gasteiger partial charge in [-0.15, -0.1) is 0 Å². The number of rotatable bonds is 4. The van der Waals surface area contributed by atoms with E-state index in [4.69, 9.17) is 0 Å². The first-order chi connectivity index (χ1) is 8.69. The van der Waals surface area contributed by atoms with Crippen molar-refractivity contribution in [2.24, 2.45) is 11.8 Å². The number of anilines is 1. The maximum Gasteiger partial charge on any atom is 0.358 e. The third kappa shape index (κ3) is 3.18. The molecule has 0 bridgehead atoms. The van der Waals surface area contributed by atoms with E-state index in [0.717, 1.165) is 12.5 Å². The van der Waals surface area contributed by atoms with Crippen LogP contribution in [-0.2, 0) is 4.74 Å². The van der Waals surface area contributed by atoms with Crippen LogP contribution < -0.4 is 5.32 Å². The van der Waals surface area contributed by atoms with Gasteiger partial charge in [0.15, 0.2) is 5.69 Å². The van der Waals surface area contributed by atoms with E-state index in [1.807, 2.05) is 0 Å². The summed E-state index contributed by atoms with van der Waals surface area (Å²) in [5, 5.41) is 3.25. The van der Waals surface area contributed by atoms with Crippen LogP contribution in [0.3, 0.4) is 0 Å². The van der Waals surface area contributed by atoms with Gasteiger partial charge in [-0.1, -0.05) is 13.3 Å². The summed E-state index contributed by atoms with van der Waals surface area (Å²) < 4.78 is 4.61. The highest BCUT2D eigenvalue weighted by molar-refractivity contribution is 5.87. The third-order valence-corrected chi connectivity index (χ3v) is 3.40. The summed E-state index contributed by atoms with van der Waals surface area (Å²) in [6.07, 6.45) is 6.87. The van der Waals surface area contributed by atoms with Crippen LogP contribution in [0.4, 0.5) is 5.82 Å². The van der Waals surface area contributed by atoms with Crippen molar-refractivity contribution < 1.29 is 9.53 Å². The first kappa shape index (κ1) is 12.8. The third-order valence-electron chi connectivity index (χ3n) is 3.40. The van der Waals surface area contributed by atoms with Gasteiger partial charge in [-0.05, 0) is 24.7 Å². The number of methoxy groups -OCH3 is 1. The Kier molecular flexibility index (Phi) is 4.12. The molecule has 0 radical (unpaired) electrons. The normalized spacial score (nSPS) is 22.8. The van der Waals surface area contributed by atoms with Crippen LogP contribution >= 0.6 is 0 Å². The molecule has 1 N–H and O–H groups in total. The average molecular weight is 249 g/mol. The van der Waals surface area contributed by atoms with E-state index in [1.165, 1.54) is 32.6 Å². The Morgan fingerprint density at radius 1 is 1.50 bits per heavy atom. The lowest BCUT2D eigenvalue weighted by atomic mass is 10.1. The van der Waals surface area contributed by atoms with E-state index >= 15 is 0 Å². The highest BCUT2D eigenvalue weighted by Gasteiger charge is 2.21. The van der Waals surface area contributed by atoms with E-state index in [-0.39, 0.29) is 5.69 Å². The predicted molar refractivity (Wildman–Crippen MR) is 68.4 cm³/mol. The van der Waals surface area contributed by atoms with E-state index in [9.17, 15) is 4.79 Å². The minimum absolute atomic E-state index is 0.238. The van der Waals surface area contributed by atoms with E-state index < -0.39 is 5.97 Å². The molecule has 18 heavy (non-hydrogen) atoms. The molecule has 1 aliphatic rings. The maximum absolute atomic E-state index is 11.3. The van der Waals surface area contributed by atoms with Gasteiger partial charge in [0.25, 0.3) is 0 Å². The van der Waals surface area contributed by atoms with Crippen molar-refractivity contribution in [3.05, 3.63) is 18.1 Å². The second kappa shape index (κ2) is 5.80. The van der Waals surface area contributed by atoms with E-state index in [0.29, 0.717) is 11.7 Å². The lowest BCUT2D eigenvalue weighted by Gasteiger charge is -2.11. The Morgan fingerprint density at radius 3 is 3.00 bits per heavy atom. The van der Waals surface area contributed by atoms with Crippen molar-refractivity contribution in [2.45, 2.75) is 26.2 Å². The number of carbonyl (C=O) groups is 1. The second-order valence-electron chi connectivity index (χ2n) is 4.95. The van der Waals surface area contributed by atoms with Crippen LogP contribution in [0, 0.1) is 11.8 Å². The van der Waals surface area contributed by atoms with Crippen LogP contribution in [-0.4, -0.2) is 29.6 Å². The fraction of sp³-hybridized carbons (Fsp3) is 0.615. The number of aromatic nitrogens is 2. The van der Waals surface area contributed by atoms with Crippen molar-refractivity contribution in [1.82, 2.24) is 9.97 Å². The molecule has 1 heterocycles. The van der Waals surface area contributed by atoms with Crippen LogP contribution in [0.1, 0.15) is 36.7 Å². The molecule has 2 atom stereocenters. The largest absolute Gasteiger partial charge is 0.464 e. The number of carbonyl (C=O) groups excluding carboxylic acids is 1. The van der Waals surface area contributed by atoms with Crippen molar-refractivity contribution in [2.75, 3.05) is 19.0 Å². The van der Waals surface area contributed by atoms with Gasteiger partial charge in [-0.2, -0.15) is 0 Å². The smallest absolute Gasteiger partial charge is 0.358 e. The number of nitrogens with one attached hydrogen (secondary N) is 1. The number of ether oxygens (including phenoxy) is 1. The summed E-state index contributed by atoms with van der Waals surface area (Å²) in [6, 6.07) is 0. The molecule has 5 heteroatoms. The molecule has 1 aliphatic carbocycles. The Labute approximate surface area is 107 Å². The molecule has 0 aromatic carbocycles. The molecule has 98 valence electrons. The molecular formula is C13H19N3O2. The molecule has 0 aliphatic heterocycles. The van der Waals surface area contributed by atoms with Gasteiger partial charge >= 0.3 is 5.97 Å². The summed E-state index contributed by atoms with van der Waals surface area (Å²) in [5.74, 6) is 1.70. The molecule has 2 rings (SSSR count). The first-order valence-electron chi connectivity index (χ1n) is 6.33. The van der Waals surface area contributed by atoms with Gasteiger partial charge in [-0.3, -0.25) is 4.98 Å². The van der Waals surface area contributed by atoms with Gasteiger partial charge in [0.1, 0.15) is 5.82 Å². The summed E-state index contributed by atoms with van der Waals surface area (Å²) in [7, 11) is 1.34. The Bertz CT molecular complexity index is 422. The van der Waals surface area contributed by atoms with Gasteiger partial charge in [0, 0.05) is 6.54 Å². The Balaban J connectivity index is 1.91. The molecule has 1 aromatic heterocycles. The maximum atomic E-state index is 11.3. The zero-order chi connectivity index (χ0) is 13.0. The van der Waals surface area contributed by atoms with Gasteiger partial charge in [0.05, 0.1) is 19.5 Å². The SMILES string of the molecule is COC(=O)c1cncc(NCC2CCC(C)C2)n1. The summed E-state index contributed by atoms with van der Waals surface area (Å²) in [4.78, 5) is 19.5. The van der Waals surface area contributed by atoms with Gasteiger partial charge in [-0.25, -0.2) is 9.78 Å². The fourth-order valence-electron chi connectivity index (χ4n) is 2.41. The average Bonchev–Trinajstić information content (AvgIpc) is 2.81. The molecule has 0 amide bonds. The molecule has 5 nitrogen and oxygen atoms in total. The van der Waals surface area contributed by atoms with Crippen LogP contribution in [0.5, 0.6) is 0 Å². The molecule has 0 saturated heterocycles. The fourth-order valence-corrected chi connectivity index (χ4v) is 2.41. The number of nitrogens with zero attached hydrogens (tertiary/aromatic N) is 2.